The number of aromatic hydroxyl groups is 1. The van der Waals surface area contributed by atoms with E-state index in [1.165, 1.54) is 36.8 Å². The van der Waals surface area contributed by atoms with Gasteiger partial charge in [0.25, 0.3) is 0 Å². The maximum Gasteiger partial charge on any atom is 0.118 e. The third-order valence-corrected chi connectivity index (χ3v) is 4.17. The average molecular weight is 248 g/mol. The van der Waals surface area contributed by atoms with E-state index >= 15 is 0 Å². The number of rotatable bonds is 2. The summed E-state index contributed by atoms with van der Waals surface area (Å²) in [5.74, 6) is 1.92. The maximum absolute atomic E-state index is 9.85. The SMILES string of the molecule is CC.CCC1CCc2cc(C)c(O)cc2C1CC. The molecule has 0 aliphatic heterocycles. The third-order valence-electron chi connectivity index (χ3n) is 4.17. The molecule has 1 aromatic rings. The second-order valence-corrected chi connectivity index (χ2v) is 5.06. The molecule has 0 saturated heterocycles. The highest BCUT2D eigenvalue weighted by Gasteiger charge is 2.27. The molecule has 18 heavy (non-hydrogen) atoms. The van der Waals surface area contributed by atoms with E-state index in [4.69, 9.17) is 0 Å². The van der Waals surface area contributed by atoms with Gasteiger partial charge in [0.1, 0.15) is 5.75 Å². The zero-order valence-electron chi connectivity index (χ0n) is 12.6. The molecular weight excluding hydrogens is 220 g/mol. The molecule has 1 aliphatic carbocycles. The summed E-state index contributed by atoms with van der Waals surface area (Å²) in [6.45, 7) is 10.5. The predicted octanol–water partition coefficient (Wildman–Crippen LogP) is 5.19. The van der Waals surface area contributed by atoms with Crippen molar-refractivity contribution in [2.24, 2.45) is 5.92 Å². The first-order chi connectivity index (χ1) is 8.67. The van der Waals surface area contributed by atoms with Crippen LogP contribution in [0.15, 0.2) is 12.1 Å². The lowest BCUT2D eigenvalue weighted by atomic mass is 9.72. The minimum absolute atomic E-state index is 0.467. The summed E-state index contributed by atoms with van der Waals surface area (Å²) in [6, 6.07) is 4.19. The number of benzene rings is 1. The van der Waals surface area contributed by atoms with E-state index in [2.05, 4.69) is 19.9 Å². The van der Waals surface area contributed by atoms with Crippen molar-refractivity contribution in [2.45, 2.75) is 66.2 Å². The van der Waals surface area contributed by atoms with Crippen molar-refractivity contribution in [1.82, 2.24) is 0 Å². The number of fused-ring (bicyclic) bond motifs is 1. The Bertz CT molecular complexity index is 381. The molecule has 2 atom stereocenters. The van der Waals surface area contributed by atoms with Gasteiger partial charge in [-0.1, -0.05) is 40.2 Å². The largest absolute Gasteiger partial charge is 0.508 e. The van der Waals surface area contributed by atoms with Gasteiger partial charge in [0.15, 0.2) is 0 Å². The number of phenols is 1. The van der Waals surface area contributed by atoms with Gasteiger partial charge in [0.05, 0.1) is 0 Å². The van der Waals surface area contributed by atoms with Gasteiger partial charge in [-0.25, -0.2) is 0 Å². The highest BCUT2D eigenvalue weighted by atomic mass is 16.3. The fourth-order valence-electron chi connectivity index (χ4n) is 3.17. The number of hydrogen-bond acceptors (Lipinski definition) is 1. The summed E-state index contributed by atoms with van der Waals surface area (Å²) in [6.07, 6.45) is 4.94. The Morgan fingerprint density at radius 1 is 1.17 bits per heavy atom. The molecule has 0 aromatic heterocycles. The summed E-state index contributed by atoms with van der Waals surface area (Å²) in [5.41, 5.74) is 3.89. The fourth-order valence-corrected chi connectivity index (χ4v) is 3.17. The van der Waals surface area contributed by atoms with Crippen LogP contribution >= 0.6 is 0 Å². The van der Waals surface area contributed by atoms with Crippen LogP contribution in [0, 0.1) is 12.8 Å². The Morgan fingerprint density at radius 3 is 2.39 bits per heavy atom. The van der Waals surface area contributed by atoms with E-state index in [-0.39, 0.29) is 0 Å². The molecule has 0 amide bonds. The molecule has 1 aromatic carbocycles. The average Bonchev–Trinajstić information content (AvgIpc) is 2.41. The molecule has 0 heterocycles. The van der Waals surface area contributed by atoms with Crippen LogP contribution in [0.1, 0.15) is 69.6 Å². The van der Waals surface area contributed by atoms with E-state index in [9.17, 15) is 5.11 Å². The van der Waals surface area contributed by atoms with Crippen LogP contribution < -0.4 is 0 Å². The molecule has 1 nitrogen and oxygen atoms in total. The van der Waals surface area contributed by atoms with Crippen molar-refractivity contribution in [1.29, 1.82) is 0 Å². The van der Waals surface area contributed by atoms with Crippen molar-refractivity contribution in [2.75, 3.05) is 0 Å². The van der Waals surface area contributed by atoms with Crippen LogP contribution in [0.2, 0.25) is 0 Å². The first kappa shape index (κ1) is 15.1. The molecule has 0 fully saturated rings. The highest BCUT2D eigenvalue weighted by Crippen LogP contribution is 2.41. The van der Waals surface area contributed by atoms with Crippen molar-refractivity contribution < 1.29 is 5.11 Å². The molecule has 1 aliphatic rings. The molecule has 102 valence electrons. The molecule has 2 rings (SSSR count). The summed E-state index contributed by atoms with van der Waals surface area (Å²) in [4.78, 5) is 0. The molecule has 1 heteroatoms. The zero-order chi connectivity index (χ0) is 13.7. The van der Waals surface area contributed by atoms with E-state index < -0.39 is 0 Å². The molecule has 0 saturated carbocycles. The van der Waals surface area contributed by atoms with Gasteiger partial charge < -0.3 is 5.11 Å². The summed E-state index contributed by atoms with van der Waals surface area (Å²) < 4.78 is 0. The Hall–Kier alpha value is -0.980. The number of hydrogen-bond donors (Lipinski definition) is 1. The molecule has 2 unspecified atom stereocenters. The topological polar surface area (TPSA) is 20.2 Å². The standard InChI is InChI=1S/C15H22O.C2H6/c1-4-11-6-7-12-8-10(3)15(16)9-14(12)13(11)5-2;1-2/h8-9,11,13,16H,4-7H2,1-3H3;1-2H3. The third kappa shape index (κ3) is 2.88. The first-order valence-electron chi connectivity index (χ1n) is 7.49. The van der Waals surface area contributed by atoms with Gasteiger partial charge in [0.2, 0.25) is 0 Å². The van der Waals surface area contributed by atoms with Crippen molar-refractivity contribution in [3.8, 4) is 5.75 Å². The first-order valence-corrected chi connectivity index (χ1v) is 7.49. The Morgan fingerprint density at radius 2 is 1.83 bits per heavy atom. The summed E-state index contributed by atoms with van der Waals surface area (Å²) in [5, 5.41) is 9.85. The summed E-state index contributed by atoms with van der Waals surface area (Å²) >= 11 is 0. The van der Waals surface area contributed by atoms with E-state index in [1.807, 2.05) is 26.8 Å². The van der Waals surface area contributed by atoms with E-state index in [0.717, 1.165) is 11.5 Å². The minimum atomic E-state index is 0.467. The van der Waals surface area contributed by atoms with Crippen molar-refractivity contribution >= 4 is 0 Å². The maximum atomic E-state index is 9.85. The van der Waals surface area contributed by atoms with Gasteiger partial charge in [-0.05, 0) is 60.8 Å². The number of phenolic OH excluding ortho intramolecular Hbond substituents is 1. The van der Waals surface area contributed by atoms with Crippen LogP contribution in [-0.4, -0.2) is 5.11 Å². The van der Waals surface area contributed by atoms with Crippen LogP contribution in [0.3, 0.4) is 0 Å². The lowest BCUT2D eigenvalue weighted by molar-refractivity contribution is 0.351. The van der Waals surface area contributed by atoms with E-state index in [1.54, 1.807) is 0 Å². The Labute approximate surface area is 112 Å². The van der Waals surface area contributed by atoms with Gasteiger partial charge >= 0.3 is 0 Å². The highest BCUT2D eigenvalue weighted by molar-refractivity contribution is 5.44. The second kappa shape index (κ2) is 6.82. The fraction of sp³-hybridized carbons (Fsp3) is 0.647. The molecule has 0 radical (unpaired) electrons. The summed E-state index contributed by atoms with van der Waals surface area (Å²) in [7, 11) is 0. The van der Waals surface area contributed by atoms with Crippen LogP contribution in [0.5, 0.6) is 5.75 Å². The van der Waals surface area contributed by atoms with Crippen LogP contribution in [0.4, 0.5) is 0 Å². The Kier molecular flexibility index (Phi) is 5.71. The van der Waals surface area contributed by atoms with Crippen molar-refractivity contribution in [3.63, 3.8) is 0 Å². The molecule has 1 N–H and O–H groups in total. The second-order valence-electron chi connectivity index (χ2n) is 5.06. The van der Waals surface area contributed by atoms with E-state index in [0.29, 0.717) is 11.7 Å². The smallest absolute Gasteiger partial charge is 0.118 e. The molecule has 0 spiro atoms. The van der Waals surface area contributed by atoms with Crippen LogP contribution in [-0.2, 0) is 6.42 Å². The lowest BCUT2D eigenvalue weighted by Gasteiger charge is -2.33. The minimum Gasteiger partial charge on any atom is -0.508 e. The van der Waals surface area contributed by atoms with Gasteiger partial charge in [-0.15, -0.1) is 0 Å². The number of aryl methyl sites for hydroxylation is 2. The van der Waals surface area contributed by atoms with Gasteiger partial charge in [-0.3, -0.25) is 0 Å². The molecule has 0 bridgehead atoms. The van der Waals surface area contributed by atoms with Crippen molar-refractivity contribution in [3.05, 3.63) is 28.8 Å². The lowest BCUT2D eigenvalue weighted by Crippen LogP contribution is -2.19. The normalized spacial score (nSPS) is 21.8. The predicted molar refractivity (Wildman–Crippen MR) is 79.3 cm³/mol. The van der Waals surface area contributed by atoms with Gasteiger partial charge in [-0.2, -0.15) is 0 Å². The van der Waals surface area contributed by atoms with Crippen LogP contribution in [0.25, 0.3) is 0 Å². The monoisotopic (exact) mass is 248 g/mol. The Balaban J connectivity index is 0.000000771. The molecular formula is C17H28O. The zero-order valence-corrected chi connectivity index (χ0v) is 12.6. The van der Waals surface area contributed by atoms with Gasteiger partial charge in [0, 0.05) is 0 Å². The quantitative estimate of drug-likeness (QED) is 0.763.